The lowest BCUT2D eigenvalue weighted by atomic mass is 10.1. The van der Waals surface area contributed by atoms with E-state index in [1.807, 2.05) is 35.9 Å². The van der Waals surface area contributed by atoms with E-state index in [9.17, 15) is 4.79 Å². The zero-order valence-corrected chi connectivity index (χ0v) is 11.1. The molecule has 2 nitrogen and oxygen atoms in total. The molecule has 1 aromatic heterocycles. The maximum absolute atomic E-state index is 11.9. The predicted octanol–water partition coefficient (Wildman–Crippen LogP) is 4.07. The Morgan fingerprint density at radius 1 is 1.38 bits per heavy atom. The molecule has 0 saturated carbocycles. The normalized spacial score (nSPS) is 10.1. The van der Waals surface area contributed by atoms with Crippen LogP contribution in [-0.4, -0.2) is 5.91 Å². The van der Waals surface area contributed by atoms with Gasteiger partial charge in [-0.15, -0.1) is 0 Å². The van der Waals surface area contributed by atoms with Crippen molar-refractivity contribution in [1.29, 1.82) is 0 Å². The van der Waals surface area contributed by atoms with Crippen molar-refractivity contribution in [2.75, 3.05) is 5.32 Å². The SMILES string of the molecule is Cc1cc(C(=O)Nc2ccsc2)ccc1Br. The van der Waals surface area contributed by atoms with Crippen LogP contribution in [0.15, 0.2) is 39.5 Å². The van der Waals surface area contributed by atoms with Gasteiger partial charge in [0.25, 0.3) is 5.91 Å². The Labute approximate surface area is 106 Å². The number of rotatable bonds is 2. The van der Waals surface area contributed by atoms with Crippen molar-refractivity contribution in [1.82, 2.24) is 0 Å². The van der Waals surface area contributed by atoms with Crippen LogP contribution in [-0.2, 0) is 0 Å². The van der Waals surface area contributed by atoms with Gasteiger partial charge >= 0.3 is 0 Å². The predicted molar refractivity (Wildman–Crippen MR) is 71.2 cm³/mol. The first-order valence-corrected chi connectivity index (χ1v) is 6.50. The smallest absolute Gasteiger partial charge is 0.255 e. The first kappa shape index (κ1) is 11.4. The lowest BCUT2D eigenvalue weighted by Crippen LogP contribution is -2.11. The highest BCUT2D eigenvalue weighted by Crippen LogP contribution is 2.18. The number of thiophene rings is 1. The number of nitrogens with one attached hydrogen (secondary N) is 1. The third kappa shape index (κ3) is 2.51. The summed E-state index contributed by atoms with van der Waals surface area (Å²) in [5.74, 6) is -0.0750. The Morgan fingerprint density at radius 3 is 2.81 bits per heavy atom. The van der Waals surface area contributed by atoms with Crippen LogP contribution in [0.5, 0.6) is 0 Å². The number of hydrogen-bond donors (Lipinski definition) is 1. The van der Waals surface area contributed by atoms with Gasteiger partial charge < -0.3 is 5.32 Å². The number of hydrogen-bond acceptors (Lipinski definition) is 2. The van der Waals surface area contributed by atoms with Crippen LogP contribution in [0.4, 0.5) is 5.69 Å². The second-order valence-electron chi connectivity index (χ2n) is 3.43. The summed E-state index contributed by atoms with van der Waals surface area (Å²) in [5.41, 5.74) is 2.57. The van der Waals surface area contributed by atoms with E-state index in [0.717, 1.165) is 15.7 Å². The number of anilines is 1. The van der Waals surface area contributed by atoms with Gasteiger partial charge in [-0.2, -0.15) is 11.3 Å². The average Bonchev–Trinajstić information content (AvgIpc) is 2.74. The number of carbonyl (C=O) groups is 1. The van der Waals surface area contributed by atoms with Crippen molar-refractivity contribution < 1.29 is 4.79 Å². The van der Waals surface area contributed by atoms with Crippen LogP contribution >= 0.6 is 27.3 Å². The second kappa shape index (κ2) is 4.80. The number of amides is 1. The maximum Gasteiger partial charge on any atom is 0.255 e. The fourth-order valence-corrected chi connectivity index (χ4v) is 2.16. The Morgan fingerprint density at radius 2 is 2.19 bits per heavy atom. The first-order valence-electron chi connectivity index (χ1n) is 4.76. The van der Waals surface area contributed by atoms with Gasteiger partial charge in [0.05, 0.1) is 5.69 Å². The van der Waals surface area contributed by atoms with E-state index in [-0.39, 0.29) is 5.91 Å². The van der Waals surface area contributed by atoms with Crippen molar-refractivity contribution in [2.24, 2.45) is 0 Å². The van der Waals surface area contributed by atoms with Gasteiger partial charge in [0.1, 0.15) is 0 Å². The molecule has 0 saturated heterocycles. The Bertz CT molecular complexity index is 508. The van der Waals surface area contributed by atoms with Crippen molar-refractivity contribution in [3.63, 3.8) is 0 Å². The molecule has 16 heavy (non-hydrogen) atoms. The number of halogens is 1. The molecule has 0 unspecified atom stereocenters. The van der Waals surface area contributed by atoms with Crippen molar-refractivity contribution >= 4 is 38.9 Å². The largest absolute Gasteiger partial charge is 0.321 e. The third-order valence-electron chi connectivity index (χ3n) is 2.20. The van der Waals surface area contributed by atoms with E-state index < -0.39 is 0 Å². The van der Waals surface area contributed by atoms with Crippen LogP contribution in [0, 0.1) is 6.92 Å². The van der Waals surface area contributed by atoms with E-state index in [1.165, 1.54) is 0 Å². The van der Waals surface area contributed by atoms with Gasteiger partial charge in [-0.05, 0) is 42.1 Å². The molecule has 0 fully saturated rings. The summed E-state index contributed by atoms with van der Waals surface area (Å²) in [6.07, 6.45) is 0. The first-order chi connectivity index (χ1) is 7.66. The monoisotopic (exact) mass is 295 g/mol. The topological polar surface area (TPSA) is 29.1 Å². The van der Waals surface area contributed by atoms with Crippen LogP contribution in [0.25, 0.3) is 0 Å². The molecule has 0 aliphatic carbocycles. The summed E-state index contributed by atoms with van der Waals surface area (Å²) in [4.78, 5) is 11.9. The molecule has 1 N–H and O–H groups in total. The van der Waals surface area contributed by atoms with Crippen LogP contribution in [0.2, 0.25) is 0 Å². The van der Waals surface area contributed by atoms with E-state index >= 15 is 0 Å². The summed E-state index contributed by atoms with van der Waals surface area (Å²) in [6, 6.07) is 7.44. The van der Waals surface area contributed by atoms with Gasteiger partial charge in [-0.25, -0.2) is 0 Å². The fraction of sp³-hybridized carbons (Fsp3) is 0.0833. The molecule has 2 aromatic rings. The summed E-state index contributed by atoms with van der Waals surface area (Å²) in [7, 11) is 0. The molecule has 0 spiro atoms. The lowest BCUT2D eigenvalue weighted by molar-refractivity contribution is 0.102. The molecule has 0 bridgehead atoms. The summed E-state index contributed by atoms with van der Waals surface area (Å²) >= 11 is 4.97. The Kier molecular flexibility index (Phi) is 3.41. The van der Waals surface area contributed by atoms with Gasteiger partial charge in [-0.1, -0.05) is 15.9 Å². The van der Waals surface area contributed by atoms with Crippen molar-refractivity contribution in [3.05, 3.63) is 50.6 Å². The summed E-state index contributed by atoms with van der Waals surface area (Å²) in [6.45, 7) is 1.96. The molecule has 0 aliphatic heterocycles. The molecule has 0 aliphatic rings. The molecule has 1 heterocycles. The molecule has 1 amide bonds. The number of benzene rings is 1. The van der Waals surface area contributed by atoms with Gasteiger partial charge in [-0.3, -0.25) is 4.79 Å². The Balaban J connectivity index is 2.18. The highest BCUT2D eigenvalue weighted by molar-refractivity contribution is 9.10. The zero-order chi connectivity index (χ0) is 11.5. The average molecular weight is 296 g/mol. The van der Waals surface area contributed by atoms with Crippen molar-refractivity contribution in [3.8, 4) is 0 Å². The van der Waals surface area contributed by atoms with Crippen LogP contribution in [0.3, 0.4) is 0 Å². The van der Waals surface area contributed by atoms with E-state index in [1.54, 1.807) is 17.4 Å². The molecule has 1 aromatic carbocycles. The standard InChI is InChI=1S/C12H10BrNOS/c1-8-6-9(2-3-11(8)13)12(15)14-10-4-5-16-7-10/h2-7H,1H3,(H,14,15). The van der Waals surface area contributed by atoms with E-state index in [2.05, 4.69) is 21.2 Å². The minimum atomic E-state index is -0.0750. The second-order valence-corrected chi connectivity index (χ2v) is 5.06. The van der Waals surface area contributed by atoms with E-state index in [0.29, 0.717) is 5.56 Å². The molecule has 4 heteroatoms. The fourth-order valence-electron chi connectivity index (χ4n) is 1.32. The van der Waals surface area contributed by atoms with Gasteiger partial charge in [0.15, 0.2) is 0 Å². The number of carbonyl (C=O) groups excluding carboxylic acids is 1. The third-order valence-corrected chi connectivity index (χ3v) is 3.77. The molecular weight excluding hydrogens is 286 g/mol. The zero-order valence-electron chi connectivity index (χ0n) is 8.66. The molecule has 0 radical (unpaired) electrons. The highest BCUT2D eigenvalue weighted by atomic mass is 79.9. The quantitative estimate of drug-likeness (QED) is 0.889. The van der Waals surface area contributed by atoms with Crippen molar-refractivity contribution in [2.45, 2.75) is 6.92 Å². The maximum atomic E-state index is 11.9. The van der Waals surface area contributed by atoms with Crippen LogP contribution in [0.1, 0.15) is 15.9 Å². The lowest BCUT2D eigenvalue weighted by Gasteiger charge is -2.04. The summed E-state index contributed by atoms with van der Waals surface area (Å²) < 4.78 is 1.01. The van der Waals surface area contributed by atoms with Gasteiger partial charge in [0.2, 0.25) is 0 Å². The van der Waals surface area contributed by atoms with E-state index in [4.69, 9.17) is 0 Å². The summed E-state index contributed by atoms with van der Waals surface area (Å²) in [5, 5.41) is 6.68. The number of aryl methyl sites for hydroxylation is 1. The highest BCUT2D eigenvalue weighted by Gasteiger charge is 2.07. The minimum Gasteiger partial charge on any atom is -0.321 e. The molecular formula is C12H10BrNOS. The molecule has 0 atom stereocenters. The minimum absolute atomic E-state index is 0.0750. The van der Waals surface area contributed by atoms with Gasteiger partial charge in [0, 0.05) is 15.4 Å². The Hall–Kier alpha value is -1.13. The molecule has 82 valence electrons. The van der Waals surface area contributed by atoms with Crippen LogP contribution < -0.4 is 5.32 Å². The molecule has 2 rings (SSSR count).